The van der Waals surface area contributed by atoms with Crippen LogP contribution in [0.4, 0.5) is 11.4 Å². The number of rotatable bonds is 3. The van der Waals surface area contributed by atoms with Crippen molar-refractivity contribution in [1.29, 1.82) is 0 Å². The number of aryl methyl sites for hydroxylation is 2. The van der Waals surface area contributed by atoms with Gasteiger partial charge in [-0.05, 0) is 84.0 Å². The molecule has 0 aromatic heterocycles. The smallest absolute Gasteiger partial charge is 0.263 e. The summed E-state index contributed by atoms with van der Waals surface area (Å²) in [4.78, 5) is 0.110. The first kappa shape index (κ1) is 15.1. The van der Waals surface area contributed by atoms with Crippen molar-refractivity contribution < 1.29 is 8.42 Å². The lowest BCUT2D eigenvalue weighted by atomic mass is 10.1. The van der Waals surface area contributed by atoms with Crippen LogP contribution in [0.3, 0.4) is 0 Å². The summed E-state index contributed by atoms with van der Waals surface area (Å²) >= 11 is 2.16. The van der Waals surface area contributed by atoms with Crippen LogP contribution in [0.25, 0.3) is 0 Å². The monoisotopic (exact) mass is 402 g/mol. The predicted molar refractivity (Wildman–Crippen MR) is 90.3 cm³/mol. The number of sulfonamides is 1. The van der Waals surface area contributed by atoms with E-state index < -0.39 is 10.0 Å². The van der Waals surface area contributed by atoms with Gasteiger partial charge >= 0.3 is 0 Å². The molecule has 0 aliphatic carbocycles. The minimum absolute atomic E-state index is 0.110. The van der Waals surface area contributed by atoms with Crippen molar-refractivity contribution in [3.8, 4) is 0 Å². The van der Waals surface area contributed by atoms with Crippen LogP contribution in [-0.4, -0.2) is 8.42 Å². The Hall–Kier alpha value is -1.28. The maximum Gasteiger partial charge on any atom is 0.263 e. The third-order valence-electron chi connectivity index (χ3n) is 3.01. The van der Waals surface area contributed by atoms with Crippen molar-refractivity contribution >= 4 is 44.0 Å². The number of benzene rings is 2. The molecule has 2 aromatic carbocycles. The van der Waals surface area contributed by atoms with Gasteiger partial charge < -0.3 is 5.73 Å². The summed E-state index contributed by atoms with van der Waals surface area (Å²) in [5, 5.41) is 0. The summed E-state index contributed by atoms with van der Waals surface area (Å²) in [6.45, 7) is 3.76. The van der Waals surface area contributed by atoms with Crippen molar-refractivity contribution in [3.63, 3.8) is 0 Å². The van der Waals surface area contributed by atoms with Crippen molar-refractivity contribution in [2.45, 2.75) is 18.7 Å². The molecule has 0 aliphatic heterocycles. The van der Waals surface area contributed by atoms with E-state index in [2.05, 4.69) is 27.3 Å². The molecule has 0 fully saturated rings. The summed E-state index contributed by atoms with van der Waals surface area (Å²) < 4.78 is 28.3. The normalized spacial score (nSPS) is 11.3. The molecule has 4 nitrogen and oxygen atoms in total. The molecule has 0 amide bonds. The van der Waals surface area contributed by atoms with Crippen molar-refractivity contribution in [2.24, 2.45) is 0 Å². The van der Waals surface area contributed by atoms with E-state index in [9.17, 15) is 8.42 Å². The van der Waals surface area contributed by atoms with Crippen LogP contribution in [0.15, 0.2) is 41.3 Å². The van der Waals surface area contributed by atoms with E-state index in [1.54, 1.807) is 24.3 Å². The Balaban J connectivity index is 2.40. The van der Waals surface area contributed by atoms with Crippen molar-refractivity contribution in [2.75, 3.05) is 10.5 Å². The van der Waals surface area contributed by atoms with Gasteiger partial charge in [-0.3, -0.25) is 4.72 Å². The lowest BCUT2D eigenvalue weighted by Crippen LogP contribution is -2.15. The van der Waals surface area contributed by atoms with Crippen LogP contribution >= 0.6 is 22.6 Å². The van der Waals surface area contributed by atoms with Crippen molar-refractivity contribution in [1.82, 2.24) is 0 Å². The lowest BCUT2D eigenvalue weighted by Gasteiger charge is -2.12. The Morgan fingerprint density at radius 3 is 2.20 bits per heavy atom. The second-order valence-electron chi connectivity index (χ2n) is 4.59. The van der Waals surface area contributed by atoms with Gasteiger partial charge in [0.05, 0.1) is 5.69 Å². The fourth-order valence-electron chi connectivity index (χ4n) is 1.77. The zero-order valence-corrected chi connectivity index (χ0v) is 14.1. The standard InChI is InChI=1S/C14H15IN2O2S/c1-9-7-13(16)14(8-10(9)2)20(18,19)17-12-5-3-11(15)4-6-12/h3-8,17H,16H2,1-2H3. The molecule has 0 saturated heterocycles. The van der Waals surface area contributed by atoms with Crippen LogP contribution in [-0.2, 0) is 10.0 Å². The van der Waals surface area contributed by atoms with Gasteiger partial charge in [-0.2, -0.15) is 0 Å². The van der Waals surface area contributed by atoms with E-state index in [4.69, 9.17) is 5.73 Å². The average Bonchev–Trinajstić information content (AvgIpc) is 2.36. The largest absolute Gasteiger partial charge is 0.398 e. The molecule has 2 aromatic rings. The Bertz CT molecular complexity index is 741. The molecule has 20 heavy (non-hydrogen) atoms. The highest BCUT2D eigenvalue weighted by Crippen LogP contribution is 2.25. The highest BCUT2D eigenvalue weighted by molar-refractivity contribution is 14.1. The summed E-state index contributed by atoms with van der Waals surface area (Å²) in [5.74, 6) is 0. The molecular weight excluding hydrogens is 387 g/mol. The number of anilines is 2. The van der Waals surface area contributed by atoms with Gasteiger partial charge in [0, 0.05) is 9.26 Å². The first-order chi connectivity index (χ1) is 9.29. The second-order valence-corrected chi connectivity index (χ2v) is 7.48. The highest BCUT2D eigenvalue weighted by atomic mass is 127. The Labute approximate surface area is 132 Å². The van der Waals surface area contributed by atoms with Gasteiger partial charge in [0.1, 0.15) is 4.90 Å². The third-order valence-corrected chi connectivity index (χ3v) is 5.17. The van der Waals surface area contributed by atoms with E-state index in [0.717, 1.165) is 14.7 Å². The van der Waals surface area contributed by atoms with Gasteiger partial charge in [0.25, 0.3) is 10.0 Å². The van der Waals surface area contributed by atoms with E-state index >= 15 is 0 Å². The lowest BCUT2D eigenvalue weighted by molar-refractivity contribution is 0.601. The number of nitrogen functional groups attached to an aromatic ring is 1. The third kappa shape index (κ3) is 3.24. The number of hydrogen-bond acceptors (Lipinski definition) is 3. The molecule has 0 saturated carbocycles. The number of nitrogens with two attached hydrogens (primary N) is 1. The number of halogens is 1. The Kier molecular flexibility index (Phi) is 4.24. The van der Waals surface area contributed by atoms with Gasteiger partial charge in [-0.1, -0.05) is 0 Å². The molecule has 0 atom stereocenters. The molecule has 0 heterocycles. The summed E-state index contributed by atoms with van der Waals surface area (Å²) in [6, 6.07) is 10.4. The summed E-state index contributed by atoms with van der Waals surface area (Å²) in [6.07, 6.45) is 0. The molecule has 6 heteroatoms. The van der Waals surface area contributed by atoms with Gasteiger partial charge in [-0.25, -0.2) is 8.42 Å². The fraction of sp³-hybridized carbons (Fsp3) is 0.143. The van der Waals surface area contributed by atoms with Gasteiger partial charge in [0.2, 0.25) is 0 Å². The quantitative estimate of drug-likeness (QED) is 0.612. The minimum Gasteiger partial charge on any atom is -0.398 e. The summed E-state index contributed by atoms with van der Waals surface area (Å²) in [5.41, 5.74) is 8.47. The molecule has 106 valence electrons. The average molecular weight is 402 g/mol. The molecule has 0 radical (unpaired) electrons. The van der Waals surface area contributed by atoms with Gasteiger partial charge in [0.15, 0.2) is 0 Å². The van der Waals surface area contributed by atoms with E-state index in [1.165, 1.54) is 0 Å². The second kappa shape index (κ2) is 5.61. The topological polar surface area (TPSA) is 72.2 Å². The predicted octanol–water partition coefficient (Wildman–Crippen LogP) is 3.29. The van der Waals surface area contributed by atoms with Crippen LogP contribution in [0.5, 0.6) is 0 Å². The van der Waals surface area contributed by atoms with Crippen LogP contribution in [0, 0.1) is 17.4 Å². The van der Waals surface area contributed by atoms with E-state index in [0.29, 0.717) is 5.69 Å². The molecule has 0 spiro atoms. The first-order valence-corrected chi connectivity index (χ1v) is 8.51. The van der Waals surface area contributed by atoms with Crippen LogP contribution in [0.1, 0.15) is 11.1 Å². The zero-order chi connectivity index (χ0) is 14.9. The maximum atomic E-state index is 12.4. The molecule has 0 aliphatic rings. The summed E-state index contributed by atoms with van der Waals surface area (Å²) in [7, 11) is -3.67. The molecule has 2 rings (SSSR count). The maximum absolute atomic E-state index is 12.4. The minimum atomic E-state index is -3.67. The Morgan fingerprint density at radius 1 is 1.05 bits per heavy atom. The molecule has 0 bridgehead atoms. The van der Waals surface area contributed by atoms with Gasteiger partial charge in [-0.15, -0.1) is 0 Å². The molecule has 3 N–H and O–H groups in total. The first-order valence-electron chi connectivity index (χ1n) is 5.95. The Morgan fingerprint density at radius 2 is 1.60 bits per heavy atom. The molecular formula is C14H15IN2O2S. The van der Waals surface area contributed by atoms with Crippen LogP contribution in [0.2, 0.25) is 0 Å². The van der Waals surface area contributed by atoms with Crippen LogP contribution < -0.4 is 10.5 Å². The van der Waals surface area contributed by atoms with E-state index in [1.807, 2.05) is 26.0 Å². The number of nitrogens with one attached hydrogen (secondary N) is 1. The van der Waals surface area contributed by atoms with E-state index in [-0.39, 0.29) is 10.6 Å². The fourth-order valence-corrected chi connectivity index (χ4v) is 3.39. The SMILES string of the molecule is Cc1cc(N)c(S(=O)(=O)Nc2ccc(I)cc2)cc1C. The van der Waals surface area contributed by atoms with Crippen molar-refractivity contribution in [3.05, 3.63) is 51.1 Å². The number of hydrogen-bond donors (Lipinski definition) is 2. The zero-order valence-electron chi connectivity index (χ0n) is 11.1. The molecule has 0 unspecified atom stereocenters. The highest BCUT2D eigenvalue weighted by Gasteiger charge is 2.18.